The van der Waals surface area contributed by atoms with Gasteiger partial charge in [-0.25, -0.2) is 4.79 Å². The maximum Gasteiger partial charge on any atom is 0.317 e. The zero-order valence-electron chi connectivity index (χ0n) is 6.80. The van der Waals surface area contributed by atoms with E-state index in [0.717, 1.165) is 19.6 Å². The van der Waals surface area contributed by atoms with Gasteiger partial charge in [0.1, 0.15) is 0 Å². The van der Waals surface area contributed by atoms with Crippen molar-refractivity contribution in [3.63, 3.8) is 0 Å². The van der Waals surface area contributed by atoms with Crippen LogP contribution in [-0.4, -0.2) is 44.3 Å². The van der Waals surface area contributed by atoms with Crippen LogP contribution < -0.4 is 5.32 Å². The average Bonchev–Trinajstić information content (AvgIpc) is 2.30. The number of ether oxygens (including phenoxy) is 1. The molecule has 11 heavy (non-hydrogen) atoms. The highest BCUT2D eigenvalue weighted by Gasteiger charge is 2.12. The van der Waals surface area contributed by atoms with Crippen molar-refractivity contribution in [2.45, 2.75) is 6.42 Å². The van der Waals surface area contributed by atoms with Gasteiger partial charge in [-0.05, 0) is 6.42 Å². The lowest BCUT2D eigenvalue weighted by Gasteiger charge is -2.18. The topological polar surface area (TPSA) is 41.6 Å². The van der Waals surface area contributed by atoms with Gasteiger partial charge in [0.05, 0.1) is 6.61 Å². The largest absolute Gasteiger partial charge is 0.380 e. The fourth-order valence-electron chi connectivity index (χ4n) is 1.11. The van der Waals surface area contributed by atoms with Gasteiger partial charge in [0.25, 0.3) is 0 Å². The number of amides is 2. The molecule has 1 aliphatic rings. The third kappa shape index (κ3) is 2.38. The molecule has 1 rings (SSSR count). The predicted octanol–water partition coefficient (Wildman–Crippen LogP) is 0.0481. The highest BCUT2D eigenvalue weighted by atomic mass is 16.5. The lowest BCUT2D eigenvalue weighted by Crippen LogP contribution is -2.39. The average molecular weight is 158 g/mol. The highest BCUT2D eigenvalue weighted by molar-refractivity contribution is 5.73. The molecule has 0 aromatic rings. The van der Waals surface area contributed by atoms with E-state index < -0.39 is 0 Å². The second-order valence-electron chi connectivity index (χ2n) is 2.51. The highest BCUT2D eigenvalue weighted by Crippen LogP contribution is 1.98. The first-order valence-corrected chi connectivity index (χ1v) is 3.89. The van der Waals surface area contributed by atoms with Crippen molar-refractivity contribution >= 4 is 6.03 Å². The predicted molar refractivity (Wildman–Crippen MR) is 41.5 cm³/mol. The number of hydrogen-bond acceptors (Lipinski definition) is 2. The Morgan fingerprint density at radius 2 is 2.27 bits per heavy atom. The molecule has 2 amide bonds. The quantitative estimate of drug-likeness (QED) is 0.541. The molecule has 0 aromatic heterocycles. The Bertz CT molecular complexity index is 130. The van der Waals surface area contributed by atoms with Crippen LogP contribution in [0.25, 0.3) is 0 Å². The second-order valence-corrected chi connectivity index (χ2v) is 2.51. The Morgan fingerprint density at radius 1 is 1.45 bits per heavy atom. The van der Waals surface area contributed by atoms with E-state index in [2.05, 4.69) is 5.32 Å². The number of carbonyl (C=O) groups excluding carboxylic acids is 1. The number of rotatable bonds is 0. The van der Waals surface area contributed by atoms with Crippen molar-refractivity contribution in [2.24, 2.45) is 0 Å². The maximum atomic E-state index is 11.1. The van der Waals surface area contributed by atoms with Gasteiger partial charge >= 0.3 is 6.03 Å². The molecule has 1 aliphatic heterocycles. The smallest absolute Gasteiger partial charge is 0.317 e. The van der Waals surface area contributed by atoms with Crippen molar-refractivity contribution in [3.8, 4) is 0 Å². The molecule has 1 saturated heterocycles. The number of nitrogens with one attached hydrogen (secondary N) is 1. The molecule has 64 valence electrons. The molecule has 0 aromatic carbocycles. The molecule has 1 heterocycles. The van der Waals surface area contributed by atoms with Gasteiger partial charge in [-0.2, -0.15) is 0 Å². The molecule has 1 fully saturated rings. The van der Waals surface area contributed by atoms with E-state index in [1.807, 2.05) is 0 Å². The zero-order chi connectivity index (χ0) is 8.10. The van der Waals surface area contributed by atoms with Crippen LogP contribution in [0.5, 0.6) is 0 Å². The van der Waals surface area contributed by atoms with Crippen LogP contribution >= 0.6 is 0 Å². The Kier molecular flexibility index (Phi) is 3.16. The summed E-state index contributed by atoms with van der Waals surface area (Å²) in [5, 5.41) is 2.59. The molecule has 4 nitrogen and oxygen atoms in total. The van der Waals surface area contributed by atoms with Crippen LogP contribution in [0.15, 0.2) is 0 Å². The summed E-state index contributed by atoms with van der Waals surface area (Å²) in [6.07, 6.45) is 0.938. The summed E-state index contributed by atoms with van der Waals surface area (Å²) in [4.78, 5) is 12.8. The molecule has 1 N–H and O–H groups in total. The van der Waals surface area contributed by atoms with Crippen LogP contribution in [0, 0.1) is 0 Å². The number of urea groups is 1. The first kappa shape index (κ1) is 8.33. The standard InChI is InChI=1S/C7H14N2O2/c1-8-7(10)9-3-2-5-11-6-4-9/h2-6H2,1H3,(H,8,10). The molecule has 0 saturated carbocycles. The van der Waals surface area contributed by atoms with Crippen molar-refractivity contribution in [2.75, 3.05) is 33.4 Å². The SMILES string of the molecule is CNC(=O)N1CCCOCC1. The molecule has 0 radical (unpaired) electrons. The molecule has 4 heteroatoms. The van der Waals surface area contributed by atoms with E-state index in [9.17, 15) is 4.79 Å². The summed E-state index contributed by atoms with van der Waals surface area (Å²) in [5.74, 6) is 0. The molecule has 0 aliphatic carbocycles. The second kappa shape index (κ2) is 4.18. The molecule has 0 spiro atoms. The maximum absolute atomic E-state index is 11.1. The van der Waals surface area contributed by atoms with Gasteiger partial charge in [-0.3, -0.25) is 0 Å². The molecule has 0 unspecified atom stereocenters. The fourth-order valence-corrected chi connectivity index (χ4v) is 1.11. The first-order valence-electron chi connectivity index (χ1n) is 3.89. The summed E-state index contributed by atoms with van der Waals surface area (Å²) in [7, 11) is 1.65. The van der Waals surface area contributed by atoms with Gasteiger partial charge in [-0.1, -0.05) is 0 Å². The molecule has 0 atom stereocenters. The van der Waals surface area contributed by atoms with Crippen LogP contribution in [0.2, 0.25) is 0 Å². The molecule has 0 bridgehead atoms. The van der Waals surface area contributed by atoms with Crippen molar-refractivity contribution in [1.29, 1.82) is 0 Å². The lowest BCUT2D eigenvalue weighted by atomic mass is 10.4. The summed E-state index contributed by atoms with van der Waals surface area (Å²) in [6, 6.07) is -0.00417. The molecular weight excluding hydrogens is 144 g/mol. The Morgan fingerprint density at radius 3 is 3.00 bits per heavy atom. The number of carbonyl (C=O) groups is 1. The summed E-state index contributed by atoms with van der Waals surface area (Å²) < 4.78 is 5.20. The van der Waals surface area contributed by atoms with Gasteiger partial charge in [0.15, 0.2) is 0 Å². The Balaban J connectivity index is 2.36. The van der Waals surface area contributed by atoms with E-state index in [1.54, 1.807) is 11.9 Å². The van der Waals surface area contributed by atoms with Crippen molar-refractivity contribution < 1.29 is 9.53 Å². The fraction of sp³-hybridized carbons (Fsp3) is 0.857. The van der Waals surface area contributed by atoms with Gasteiger partial charge in [-0.15, -0.1) is 0 Å². The van der Waals surface area contributed by atoms with Crippen molar-refractivity contribution in [3.05, 3.63) is 0 Å². The first-order chi connectivity index (χ1) is 5.34. The van der Waals surface area contributed by atoms with Crippen LogP contribution in [0.1, 0.15) is 6.42 Å². The van der Waals surface area contributed by atoms with E-state index in [-0.39, 0.29) is 6.03 Å². The monoisotopic (exact) mass is 158 g/mol. The molecular formula is C7H14N2O2. The lowest BCUT2D eigenvalue weighted by molar-refractivity contribution is 0.142. The Labute approximate surface area is 66.5 Å². The van der Waals surface area contributed by atoms with E-state index in [1.165, 1.54) is 0 Å². The minimum atomic E-state index is -0.00417. The van der Waals surface area contributed by atoms with Crippen molar-refractivity contribution in [1.82, 2.24) is 10.2 Å². The van der Waals surface area contributed by atoms with Crippen LogP contribution in [0.4, 0.5) is 4.79 Å². The summed E-state index contributed by atoms with van der Waals surface area (Å²) in [6.45, 7) is 2.94. The normalized spacial score (nSPS) is 19.2. The van der Waals surface area contributed by atoms with Gasteiger partial charge in [0.2, 0.25) is 0 Å². The zero-order valence-corrected chi connectivity index (χ0v) is 6.80. The van der Waals surface area contributed by atoms with Gasteiger partial charge < -0.3 is 15.0 Å². The Hall–Kier alpha value is -0.770. The van der Waals surface area contributed by atoms with E-state index in [4.69, 9.17) is 4.74 Å². The minimum Gasteiger partial charge on any atom is -0.380 e. The van der Waals surface area contributed by atoms with E-state index >= 15 is 0 Å². The van der Waals surface area contributed by atoms with Gasteiger partial charge in [0, 0.05) is 26.7 Å². The minimum absolute atomic E-state index is 0.00417. The number of hydrogen-bond donors (Lipinski definition) is 1. The van der Waals surface area contributed by atoms with E-state index in [0.29, 0.717) is 13.2 Å². The number of nitrogens with zero attached hydrogens (tertiary/aromatic N) is 1. The van der Waals surface area contributed by atoms with Crippen LogP contribution in [0.3, 0.4) is 0 Å². The summed E-state index contributed by atoms with van der Waals surface area (Å²) >= 11 is 0. The van der Waals surface area contributed by atoms with Crippen LogP contribution in [-0.2, 0) is 4.74 Å². The third-order valence-electron chi connectivity index (χ3n) is 1.72. The summed E-state index contributed by atoms with van der Waals surface area (Å²) in [5.41, 5.74) is 0. The third-order valence-corrected chi connectivity index (χ3v) is 1.72.